The van der Waals surface area contributed by atoms with Crippen molar-refractivity contribution < 1.29 is 19.1 Å². The monoisotopic (exact) mass is 331 g/mol. The van der Waals surface area contributed by atoms with Crippen LogP contribution in [0.25, 0.3) is 5.69 Å². The van der Waals surface area contributed by atoms with Crippen molar-refractivity contribution in [1.29, 1.82) is 0 Å². The smallest absolute Gasteiger partial charge is 0.358 e. The van der Waals surface area contributed by atoms with E-state index in [1.165, 1.54) is 18.9 Å². The van der Waals surface area contributed by atoms with E-state index in [-0.39, 0.29) is 12.4 Å². The van der Waals surface area contributed by atoms with Crippen molar-refractivity contribution in [2.24, 2.45) is 0 Å². The molecule has 0 aliphatic rings. The molecule has 1 aromatic heterocycles. The average Bonchev–Trinajstić information content (AvgIpc) is 3.03. The van der Waals surface area contributed by atoms with Crippen LogP contribution in [0, 0.1) is 0 Å². The summed E-state index contributed by atoms with van der Waals surface area (Å²) in [6, 6.07) is 7.20. The van der Waals surface area contributed by atoms with Crippen molar-refractivity contribution >= 4 is 11.9 Å². The fourth-order valence-corrected chi connectivity index (χ4v) is 2.39. The molecule has 0 spiro atoms. The number of unbranched alkanes of at least 4 members (excludes halogenated alkanes) is 1. The van der Waals surface area contributed by atoms with Gasteiger partial charge in [0.05, 0.1) is 32.0 Å². The summed E-state index contributed by atoms with van der Waals surface area (Å²) in [5, 5.41) is 8.25. The van der Waals surface area contributed by atoms with Gasteiger partial charge in [0, 0.05) is 0 Å². The molecule has 0 saturated carbocycles. The highest BCUT2D eigenvalue weighted by Gasteiger charge is 2.23. The molecule has 0 bridgehead atoms. The largest absolute Gasteiger partial charge is 0.469 e. The molecule has 1 aromatic carbocycles. The fraction of sp³-hybridized carbons (Fsp3) is 0.412. The van der Waals surface area contributed by atoms with Crippen LogP contribution in [0.15, 0.2) is 24.3 Å². The molecule has 0 unspecified atom stereocenters. The molecule has 7 heteroatoms. The Balaban J connectivity index is 2.50. The van der Waals surface area contributed by atoms with Gasteiger partial charge in [-0.25, -0.2) is 9.48 Å². The summed E-state index contributed by atoms with van der Waals surface area (Å²) in [5.41, 5.74) is 2.19. The lowest BCUT2D eigenvalue weighted by molar-refractivity contribution is -0.139. The van der Waals surface area contributed by atoms with E-state index in [4.69, 9.17) is 9.47 Å². The molecule has 0 amide bonds. The second-order valence-corrected chi connectivity index (χ2v) is 5.27. The molecule has 0 fully saturated rings. The topological polar surface area (TPSA) is 83.3 Å². The second-order valence-electron chi connectivity index (χ2n) is 5.27. The van der Waals surface area contributed by atoms with Crippen LogP contribution in [0.5, 0.6) is 0 Å². The maximum absolute atomic E-state index is 12.2. The number of aromatic nitrogens is 3. The number of methoxy groups -OCH3 is 2. The zero-order valence-electron chi connectivity index (χ0n) is 14.1. The van der Waals surface area contributed by atoms with Gasteiger partial charge in [-0.3, -0.25) is 4.79 Å². The Bertz CT molecular complexity index is 724. The molecule has 0 saturated heterocycles. The Morgan fingerprint density at radius 3 is 2.58 bits per heavy atom. The van der Waals surface area contributed by atoms with Gasteiger partial charge in [0.1, 0.15) is 0 Å². The van der Waals surface area contributed by atoms with Crippen molar-refractivity contribution in [2.75, 3.05) is 14.2 Å². The lowest BCUT2D eigenvalue weighted by atomic mass is 10.1. The van der Waals surface area contributed by atoms with E-state index in [1.54, 1.807) is 12.1 Å². The highest BCUT2D eigenvalue weighted by Crippen LogP contribution is 2.20. The number of para-hydroxylation sites is 1. The van der Waals surface area contributed by atoms with Crippen LogP contribution in [0.1, 0.15) is 41.5 Å². The molecule has 0 N–H and O–H groups in total. The minimum absolute atomic E-state index is 0.0808. The van der Waals surface area contributed by atoms with E-state index >= 15 is 0 Å². The van der Waals surface area contributed by atoms with E-state index in [0.29, 0.717) is 29.1 Å². The van der Waals surface area contributed by atoms with Crippen molar-refractivity contribution in [3.05, 3.63) is 41.2 Å². The number of benzene rings is 1. The molecule has 1 heterocycles. The Morgan fingerprint density at radius 1 is 1.17 bits per heavy atom. The van der Waals surface area contributed by atoms with Crippen molar-refractivity contribution in [3.8, 4) is 5.69 Å². The summed E-state index contributed by atoms with van der Waals surface area (Å²) in [4.78, 5) is 23.9. The normalized spacial score (nSPS) is 10.5. The van der Waals surface area contributed by atoms with E-state index in [2.05, 4.69) is 17.2 Å². The molecule has 7 nitrogen and oxygen atoms in total. The number of hydrogen-bond acceptors (Lipinski definition) is 6. The Kier molecular flexibility index (Phi) is 6.06. The van der Waals surface area contributed by atoms with Crippen molar-refractivity contribution in [1.82, 2.24) is 15.0 Å². The highest BCUT2D eigenvalue weighted by atomic mass is 16.5. The quantitative estimate of drug-likeness (QED) is 0.723. The number of ether oxygens (including phenoxy) is 2. The SMILES string of the molecule is CCCCc1nnn(-c2ccccc2CC(=O)OC)c1C(=O)OC. The molecular formula is C17H21N3O4. The molecule has 2 rings (SSSR count). The first kappa shape index (κ1) is 17.7. The number of nitrogens with zero attached hydrogens (tertiary/aromatic N) is 3. The van der Waals surface area contributed by atoms with Crippen LogP contribution in [0.2, 0.25) is 0 Å². The number of hydrogen-bond donors (Lipinski definition) is 0. The summed E-state index contributed by atoms with van der Waals surface area (Å²) in [5.74, 6) is -0.868. The van der Waals surface area contributed by atoms with Gasteiger partial charge in [0.2, 0.25) is 0 Å². The van der Waals surface area contributed by atoms with Gasteiger partial charge in [-0.1, -0.05) is 36.8 Å². The van der Waals surface area contributed by atoms with Gasteiger partial charge >= 0.3 is 11.9 Å². The van der Waals surface area contributed by atoms with Gasteiger partial charge in [0.25, 0.3) is 0 Å². The number of esters is 2. The summed E-state index contributed by atoms with van der Waals surface area (Å²) >= 11 is 0. The fourth-order valence-electron chi connectivity index (χ4n) is 2.39. The summed E-state index contributed by atoms with van der Waals surface area (Å²) in [6.07, 6.45) is 2.59. The lowest BCUT2D eigenvalue weighted by Gasteiger charge is -2.11. The average molecular weight is 331 g/mol. The maximum atomic E-state index is 12.2. The summed E-state index contributed by atoms with van der Waals surface area (Å²) < 4.78 is 11.1. The van der Waals surface area contributed by atoms with Crippen LogP contribution in [0.3, 0.4) is 0 Å². The Hall–Kier alpha value is -2.70. The molecule has 0 atom stereocenters. The van der Waals surface area contributed by atoms with E-state index in [1.807, 2.05) is 12.1 Å². The van der Waals surface area contributed by atoms with E-state index in [9.17, 15) is 9.59 Å². The molecule has 0 radical (unpaired) electrons. The maximum Gasteiger partial charge on any atom is 0.358 e. The first-order valence-electron chi connectivity index (χ1n) is 7.80. The predicted octanol–water partition coefficient (Wildman–Crippen LogP) is 2.11. The lowest BCUT2D eigenvalue weighted by Crippen LogP contribution is -2.15. The Morgan fingerprint density at radius 2 is 1.92 bits per heavy atom. The van der Waals surface area contributed by atoms with Crippen LogP contribution in [-0.2, 0) is 27.1 Å². The third-order valence-corrected chi connectivity index (χ3v) is 3.67. The van der Waals surface area contributed by atoms with Crippen LogP contribution in [-0.4, -0.2) is 41.2 Å². The van der Waals surface area contributed by atoms with E-state index < -0.39 is 5.97 Å². The molecular weight excluding hydrogens is 310 g/mol. The third-order valence-electron chi connectivity index (χ3n) is 3.67. The third kappa shape index (κ3) is 3.79. The predicted molar refractivity (Wildman–Crippen MR) is 87.0 cm³/mol. The summed E-state index contributed by atoms with van der Waals surface area (Å²) in [7, 11) is 2.66. The first-order chi connectivity index (χ1) is 11.6. The second kappa shape index (κ2) is 8.24. The molecule has 24 heavy (non-hydrogen) atoms. The highest BCUT2D eigenvalue weighted by molar-refractivity contribution is 5.89. The number of aryl methyl sites for hydroxylation is 1. The van der Waals surface area contributed by atoms with Crippen LogP contribution < -0.4 is 0 Å². The molecule has 0 aliphatic heterocycles. The Labute approximate surface area is 140 Å². The van der Waals surface area contributed by atoms with Gasteiger partial charge in [-0.15, -0.1) is 5.10 Å². The zero-order chi connectivity index (χ0) is 17.5. The van der Waals surface area contributed by atoms with Crippen LogP contribution >= 0.6 is 0 Å². The molecule has 128 valence electrons. The number of carbonyl (C=O) groups excluding carboxylic acids is 2. The summed E-state index contributed by atoms with van der Waals surface area (Å²) in [6.45, 7) is 2.06. The van der Waals surface area contributed by atoms with Crippen molar-refractivity contribution in [3.63, 3.8) is 0 Å². The zero-order valence-corrected chi connectivity index (χ0v) is 14.1. The first-order valence-corrected chi connectivity index (χ1v) is 7.80. The minimum atomic E-state index is -0.501. The molecule has 0 aliphatic carbocycles. The minimum Gasteiger partial charge on any atom is -0.469 e. The van der Waals surface area contributed by atoms with E-state index in [0.717, 1.165) is 12.8 Å². The molecule has 2 aromatic rings. The number of rotatable bonds is 7. The van der Waals surface area contributed by atoms with Crippen LogP contribution in [0.4, 0.5) is 0 Å². The number of carbonyl (C=O) groups is 2. The standard InChI is InChI=1S/C17H21N3O4/c1-4-5-9-13-16(17(22)24-3)20(19-18-13)14-10-7-6-8-12(14)11-15(21)23-2/h6-8,10H,4-5,9,11H2,1-3H3. The van der Waals surface area contributed by atoms with Gasteiger partial charge < -0.3 is 9.47 Å². The van der Waals surface area contributed by atoms with Gasteiger partial charge in [-0.2, -0.15) is 0 Å². The van der Waals surface area contributed by atoms with Gasteiger partial charge in [-0.05, 0) is 24.5 Å². The van der Waals surface area contributed by atoms with Crippen molar-refractivity contribution in [2.45, 2.75) is 32.6 Å². The van der Waals surface area contributed by atoms with Gasteiger partial charge in [0.15, 0.2) is 5.69 Å².